The molecule has 228 valence electrons. The monoisotopic (exact) mass is 624 g/mol. The lowest BCUT2D eigenvalue weighted by Gasteiger charge is -2.21. The molecule has 1 aliphatic rings. The molecule has 5 aromatic carbocycles. The van der Waals surface area contributed by atoms with E-state index in [2.05, 4.69) is 124 Å². The summed E-state index contributed by atoms with van der Waals surface area (Å²) >= 11 is 0. The van der Waals surface area contributed by atoms with E-state index in [0.29, 0.717) is 17.5 Å². The predicted octanol–water partition coefficient (Wildman–Crippen LogP) is 9.94. The highest BCUT2D eigenvalue weighted by Crippen LogP contribution is 2.49. The van der Waals surface area contributed by atoms with Gasteiger partial charge in [0.25, 0.3) is 0 Å². The average Bonchev–Trinajstić information content (AvgIpc) is 3.33. The van der Waals surface area contributed by atoms with E-state index >= 15 is 0 Å². The second-order valence-corrected chi connectivity index (χ2v) is 19.0. The molecule has 0 N–H and O–H groups in total. The van der Waals surface area contributed by atoms with E-state index in [1.807, 2.05) is 36.5 Å². The molecule has 0 bridgehead atoms. The maximum absolute atomic E-state index is 5.13. The van der Waals surface area contributed by atoms with Crippen LogP contribution in [0.3, 0.4) is 0 Å². The Morgan fingerprint density at radius 3 is 1.85 bits per heavy atom. The van der Waals surface area contributed by atoms with E-state index in [1.165, 1.54) is 38.5 Å². The van der Waals surface area contributed by atoms with Gasteiger partial charge in [-0.15, -0.1) is 0 Å². The van der Waals surface area contributed by atoms with E-state index in [4.69, 9.17) is 19.9 Å². The van der Waals surface area contributed by atoms with Gasteiger partial charge >= 0.3 is 0 Å². The van der Waals surface area contributed by atoms with E-state index < -0.39 is 8.07 Å². The minimum Gasteiger partial charge on any atom is -0.265 e. The van der Waals surface area contributed by atoms with Crippen LogP contribution in [0, 0.1) is 0 Å². The number of nitrogens with zero attached hydrogens (tertiary/aromatic N) is 4. The Balaban J connectivity index is 1.28. The molecule has 8 rings (SSSR count). The topological polar surface area (TPSA) is 51.6 Å². The van der Waals surface area contributed by atoms with Crippen molar-refractivity contribution in [3.8, 4) is 56.4 Å². The maximum Gasteiger partial charge on any atom is 0.166 e. The van der Waals surface area contributed by atoms with Crippen LogP contribution in [-0.4, -0.2) is 28.0 Å². The average molecular weight is 625 g/mol. The Labute approximate surface area is 277 Å². The van der Waals surface area contributed by atoms with E-state index in [9.17, 15) is 0 Å². The zero-order chi connectivity index (χ0) is 32.3. The van der Waals surface area contributed by atoms with E-state index in [0.717, 1.165) is 27.6 Å². The summed E-state index contributed by atoms with van der Waals surface area (Å²) in [5.74, 6) is 1.91. The molecule has 1 aliphatic carbocycles. The van der Waals surface area contributed by atoms with Crippen LogP contribution in [0.15, 0.2) is 128 Å². The lowest BCUT2D eigenvalue weighted by atomic mass is 9.82. The SMILES string of the molecule is CC1(C)c2ccccc2-c2cc(-c3cccc(-c4nc(-c5ccccc5)nc(-c5cnc([Si](C)(C)C)c6ccccc56)n4)c3)ccc21. The Kier molecular flexibility index (Phi) is 6.78. The molecule has 2 aromatic heterocycles. The summed E-state index contributed by atoms with van der Waals surface area (Å²) in [6.45, 7) is 11.6. The molecule has 0 saturated carbocycles. The van der Waals surface area contributed by atoms with Crippen molar-refractivity contribution in [3.05, 3.63) is 139 Å². The van der Waals surface area contributed by atoms with Crippen molar-refractivity contribution in [2.45, 2.75) is 38.9 Å². The molecule has 0 aliphatic heterocycles. The molecule has 2 heterocycles. The summed E-state index contributed by atoms with van der Waals surface area (Å²) < 4.78 is 0. The smallest absolute Gasteiger partial charge is 0.166 e. The number of hydrogen-bond acceptors (Lipinski definition) is 4. The number of aromatic nitrogens is 4. The van der Waals surface area contributed by atoms with Crippen molar-refractivity contribution >= 4 is 24.2 Å². The number of hydrogen-bond donors (Lipinski definition) is 0. The summed E-state index contributed by atoms with van der Waals surface area (Å²) in [4.78, 5) is 20.2. The van der Waals surface area contributed by atoms with Crippen LogP contribution in [0.2, 0.25) is 19.6 Å². The van der Waals surface area contributed by atoms with Gasteiger partial charge in [0, 0.05) is 33.6 Å². The molecular formula is C42H36N4Si. The molecule has 0 spiro atoms. The first-order chi connectivity index (χ1) is 22.7. The highest BCUT2D eigenvalue weighted by molar-refractivity contribution is 6.89. The summed E-state index contributed by atoms with van der Waals surface area (Å²) in [5, 5.41) is 3.49. The van der Waals surface area contributed by atoms with Gasteiger partial charge in [-0.1, -0.05) is 143 Å². The van der Waals surface area contributed by atoms with Crippen LogP contribution in [0.4, 0.5) is 0 Å². The molecule has 0 radical (unpaired) electrons. The molecule has 0 amide bonds. The largest absolute Gasteiger partial charge is 0.265 e. The van der Waals surface area contributed by atoms with Gasteiger partial charge in [0.15, 0.2) is 17.5 Å². The van der Waals surface area contributed by atoms with Gasteiger partial charge in [0.1, 0.15) is 8.07 Å². The van der Waals surface area contributed by atoms with Gasteiger partial charge in [0.05, 0.1) is 0 Å². The molecule has 7 aromatic rings. The van der Waals surface area contributed by atoms with Crippen molar-refractivity contribution < 1.29 is 0 Å². The molecule has 5 heteroatoms. The minimum atomic E-state index is -1.69. The fourth-order valence-electron chi connectivity index (χ4n) is 7.05. The summed E-state index contributed by atoms with van der Waals surface area (Å²) in [7, 11) is -1.69. The predicted molar refractivity (Wildman–Crippen MR) is 197 cm³/mol. The van der Waals surface area contributed by atoms with Crippen LogP contribution in [0.25, 0.3) is 67.2 Å². The zero-order valence-electron chi connectivity index (χ0n) is 27.4. The van der Waals surface area contributed by atoms with Crippen molar-refractivity contribution in [2.24, 2.45) is 0 Å². The zero-order valence-corrected chi connectivity index (χ0v) is 28.4. The second-order valence-electron chi connectivity index (χ2n) is 14.0. The van der Waals surface area contributed by atoms with Crippen molar-refractivity contribution in [2.75, 3.05) is 0 Å². The number of benzene rings is 5. The van der Waals surface area contributed by atoms with Gasteiger partial charge in [0.2, 0.25) is 0 Å². The second kappa shape index (κ2) is 10.9. The highest BCUT2D eigenvalue weighted by Gasteiger charge is 2.35. The first kappa shape index (κ1) is 29.2. The van der Waals surface area contributed by atoms with Crippen LogP contribution in [-0.2, 0) is 5.41 Å². The maximum atomic E-state index is 5.13. The van der Waals surface area contributed by atoms with Crippen molar-refractivity contribution in [3.63, 3.8) is 0 Å². The summed E-state index contributed by atoms with van der Waals surface area (Å²) in [5.41, 5.74) is 10.5. The Bertz CT molecular complexity index is 2320. The molecular weight excluding hydrogens is 589 g/mol. The minimum absolute atomic E-state index is 0.0201. The van der Waals surface area contributed by atoms with Crippen molar-refractivity contribution in [1.29, 1.82) is 0 Å². The first-order valence-corrected chi connectivity index (χ1v) is 19.7. The molecule has 0 atom stereocenters. The molecule has 0 saturated heterocycles. The third-order valence-electron chi connectivity index (χ3n) is 9.45. The quantitative estimate of drug-likeness (QED) is 0.179. The first-order valence-electron chi connectivity index (χ1n) is 16.2. The van der Waals surface area contributed by atoms with E-state index in [-0.39, 0.29) is 5.41 Å². The van der Waals surface area contributed by atoms with Crippen molar-refractivity contribution in [1.82, 2.24) is 19.9 Å². The normalized spacial score (nSPS) is 13.4. The summed E-state index contributed by atoms with van der Waals surface area (Å²) in [6.07, 6.45) is 1.96. The Morgan fingerprint density at radius 1 is 0.468 bits per heavy atom. The number of fused-ring (bicyclic) bond motifs is 4. The third kappa shape index (κ3) is 4.98. The van der Waals surface area contributed by atoms with Crippen LogP contribution < -0.4 is 5.32 Å². The molecule has 0 unspecified atom stereocenters. The van der Waals surface area contributed by atoms with Crippen LogP contribution >= 0.6 is 0 Å². The highest BCUT2D eigenvalue weighted by atomic mass is 28.3. The van der Waals surface area contributed by atoms with Gasteiger partial charge in [-0.05, 0) is 56.3 Å². The standard InChI is InChI=1S/C42H36N4Si/c1-42(2)36-21-12-11-19-32(36)34-25-29(22-23-37(34)42)28-16-13-17-30(24-28)39-44-38(27-14-7-6-8-15-27)45-40(46-39)35-26-43-41(47(3,4)5)33-20-10-9-18-31(33)35/h6-26H,1-5H3. The Hall–Kier alpha value is -5.26. The number of pyridine rings is 1. The van der Waals surface area contributed by atoms with Gasteiger partial charge < -0.3 is 0 Å². The lowest BCUT2D eigenvalue weighted by Crippen LogP contribution is -2.40. The van der Waals surface area contributed by atoms with Gasteiger partial charge in [-0.2, -0.15) is 0 Å². The summed E-state index contributed by atoms with van der Waals surface area (Å²) in [6, 6.07) is 42.9. The lowest BCUT2D eigenvalue weighted by molar-refractivity contribution is 0.660. The Morgan fingerprint density at radius 2 is 1.06 bits per heavy atom. The fraction of sp³-hybridized carbons (Fsp3) is 0.143. The molecule has 47 heavy (non-hydrogen) atoms. The van der Waals surface area contributed by atoms with Crippen LogP contribution in [0.5, 0.6) is 0 Å². The van der Waals surface area contributed by atoms with Gasteiger partial charge in [-0.25, -0.2) is 15.0 Å². The molecule has 0 fully saturated rings. The number of rotatable bonds is 5. The van der Waals surface area contributed by atoms with Gasteiger partial charge in [-0.3, -0.25) is 4.98 Å². The third-order valence-corrected chi connectivity index (χ3v) is 11.3. The van der Waals surface area contributed by atoms with E-state index in [1.54, 1.807) is 0 Å². The molecule has 4 nitrogen and oxygen atoms in total. The fourth-order valence-corrected chi connectivity index (χ4v) is 8.53. The van der Waals surface area contributed by atoms with Crippen LogP contribution in [0.1, 0.15) is 25.0 Å².